The van der Waals surface area contributed by atoms with Gasteiger partial charge >= 0.3 is 0 Å². The number of carbonyl (C=O) groups is 1. The van der Waals surface area contributed by atoms with Crippen molar-refractivity contribution in [3.63, 3.8) is 0 Å². The van der Waals surface area contributed by atoms with Gasteiger partial charge in [0.2, 0.25) is 5.91 Å². The van der Waals surface area contributed by atoms with Crippen LogP contribution in [-0.4, -0.2) is 31.1 Å². The second-order valence-electron chi connectivity index (χ2n) is 5.51. The fraction of sp³-hybridized carbons (Fsp3) is 0.562. The number of rotatable bonds is 6. The number of piperidine rings is 1. The van der Waals surface area contributed by atoms with E-state index in [4.69, 9.17) is 4.74 Å². The van der Waals surface area contributed by atoms with Crippen LogP contribution in [0.5, 0.6) is 0 Å². The van der Waals surface area contributed by atoms with E-state index in [2.05, 4.69) is 10.6 Å². The maximum absolute atomic E-state index is 12.1. The predicted molar refractivity (Wildman–Crippen MR) is 79.4 cm³/mol. The van der Waals surface area contributed by atoms with E-state index in [1.165, 1.54) is 0 Å². The Bertz CT molecular complexity index is 414. The number of amides is 1. The Morgan fingerprint density at radius 2 is 2.15 bits per heavy atom. The zero-order valence-electron chi connectivity index (χ0n) is 12.2. The molecule has 4 heteroatoms. The highest BCUT2D eigenvalue weighted by Gasteiger charge is 2.33. The SMILES string of the molecule is CC1(C(=O)NCCOCc2ccccc2)CCCCN1. The van der Waals surface area contributed by atoms with Gasteiger partial charge in [-0.2, -0.15) is 0 Å². The van der Waals surface area contributed by atoms with Crippen LogP contribution in [0.3, 0.4) is 0 Å². The molecule has 0 radical (unpaired) electrons. The summed E-state index contributed by atoms with van der Waals surface area (Å²) in [6.07, 6.45) is 3.17. The van der Waals surface area contributed by atoms with Crippen molar-refractivity contribution in [1.29, 1.82) is 0 Å². The van der Waals surface area contributed by atoms with Crippen molar-refractivity contribution in [2.24, 2.45) is 0 Å². The maximum atomic E-state index is 12.1. The molecule has 1 unspecified atom stereocenters. The van der Waals surface area contributed by atoms with Crippen LogP contribution in [0.25, 0.3) is 0 Å². The predicted octanol–water partition coefficient (Wildman–Crippen LogP) is 1.85. The number of nitrogens with one attached hydrogen (secondary N) is 2. The second kappa shape index (κ2) is 7.41. The minimum atomic E-state index is -0.405. The van der Waals surface area contributed by atoms with Crippen LogP contribution in [0.2, 0.25) is 0 Å². The van der Waals surface area contributed by atoms with Crippen LogP contribution < -0.4 is 10.6 Å². The number of carbonyl (C=O) groups excluding carboxylic acids is 1. The number of hydrogen-bond acceptors (Lipinski definition) is 3. The first-order chi connectivity index (χ1) is 9.71. The van der Waals surface area contributed by atoms with Crippen LogP contribution in [0.15, 0.2) is 30.3 Å². The monoisotopic (exact) mass is 276 g/mol. The van der Waals surface area contributed by atoms with Crippen LogP contribution >= 0.6 is 0 Å². The summed E-state index contributed by atoms with van der Waals surface area (Å²) in [7, 11) is 0. The molecule has 20 heavy (non-hydrogen) atoms. The van der Waals surface area contributed by atoms with E-state index in [1.54, 1.807) is 0 Å². The molecule has 1 aromatic rings. The normalized spacial score (nSPS) is 22.4. The molecule has 1 heterocycles. The van der Waals surface area contributed by atoms with Gasteiger partial charge in [0.05, 0.1) is 18.8 Å². The van der Waals surface area contributed by atoms with Gasteiger partial charge < -0.3 is 15.4 Å². The Kier molecular flexibility index (Phi) is 5.56. The van der Waals surface area contributed by atoms with Gasteiger partial charge in [0, 0.05) is 6.54 Å². The van der Waals surface area contributed by atoms with Crippen LogP contribution in [0.4, 0.5) is 0 Å². The Labute approximate surface area is 120 Å². The summed E-state index contributed by atoms with van der Waals surface area (Å²) in [4.78, 5) is 12.1. The molecule has 0 bridgehead atoms. The number of hydrogen-bond donors (Lipinski definition) is 2. The molecule has 0 aliphatic carbocycles. The van der Waals surface area contributed by atoms with Gasteiger partial charge in [0.25, 0.3) is 0 Å². The molecule has 0 aromatic heterocycles. The zero-order chi connectivity index (χ0) is 14.3. The van der Waals surface area contributed by atoms with Crippen molar-refractivity contribution in [2.75, 3.05) is 19.7 Å². The smallest absolute Gasteiger partial charge is 0.240 e. The molecular weight excluding hydrogens is 252 g/mol. The molecule has 1 aliphatic heterocycles. The standard InChI is InChI=1S/C16H24N2O2/c1-16(9-5-6-10-18-16)15(19)17-11-12-20-13-14-7-3-2-4-8-14/h2-4,7-8,18H,5-6,9-13H2,1H3,(H,17,19). The van der Waals surface area contributed by atoms with Gasteiger partial charge in [-0.25, -0.2) is 0 Å². The summed E-state index contributed by atoms with van der Waals surface area (Å²) in [6.45, 7) is 4.59. The van der Waals surface area contributed by atoms with E-state index in [9.17, 15) is 4.79 Å². The maximum Gasteiger partial charge on any atom is 0.240 e. The quantitative estimate of drug-likeness (QED) is 0.780. The highest BCUT2D eigenvalue weighted by Crippen LogP contribution is 2.18. The van der Waals surface area contributed by atoms with Crippen molar-refractivity contribution in [3.05, 3.63) is 35.9 Å². The summed E-state index contributed by atoms with van der Waals surface area (Å²) >= 11 is 0. The summed E-state index contributed by atoms with van der Waals surface area (Å²) in [5, 5.41) is 6.26. The van der Waals surface area contributed by atoms with Gasteiger partial charge in [-0.15, -0.1) is 0 Å². The largest absolute Gasteiger partial charge is 0.375 e. The lowest BCUT2D eigenvalue weighted by atomic mass is 9.90. The fourth-order valence-corrected chi connectivity index (χ4v) is 2.45. The van der Waals surface area contributed by atoms with Gasteiger partial charge in [-0.05, 0) is 38.3 Å². The minimum absolute atomic E-state index is 0.0838. The average molecular weight is 276 g/mol. The molecule has 0 spiro atoms. The third kappa shape index (κ3) is 4.32. The van der Waals surface area contributed by atoms with Crippen molar-refractivity contribution in [2.45, 2.75) is 38.3 Å². The van der Waals surface area contributed by atoms with Gasteiger partial charge in [-0.3, -0.25) is 4.79 Å². The lowest BCUT2D eigenvalue weighted by Gasteiger charge is -2.33. The molecule has 0 saturated carbocycles. The topological polar surface area (TPSA) is 50.4 Å². The summed E-state index contributed by atoms with van der Waals surface area (Å²) in [6, 6.07) is 10.0. The average Bonchev–Trinajstić information content (AvgIpc) is 2.48. The molecule has 1 saturated heterocycles. The van der Waals surface area contributed by atoms with Crippen molar-refractivity contribution < 1.29 is 9.53 Å². The Morgan fingerprint density at radius 1 is 1.35 bits per heavy atom. The minimum Gasteiger partial charge on any atom is -0.375 e. The first kappa shape index (κ1) is 15.0. The molecule has 1 aromatic carbocycles. The highest BCUT2D eigenvalue weighted by atomic mass is 16.5. The van der Waals surface area contributed by atoms with E-state index in [0.717, 1.165) is 31.4 Å². The van der Waals surface area contributed by atoms with E-state index >= 15 is 0 Å². The van der Waals surface area contributed by atoms with Crippen molar-refractivity contribution in [3.8, 4) is 0 Å². The van der Waals surface area contributed by atoms with Crippen molar-refractivity contribution >= 4 is 5.91 Å². The fourth-order valence-electron chi connectivity index (χ4n) is 2.45. The molecule has 2 rings (SSSR count). The van der Waals surface area contributed by atoms with Gasteiger partial charge in [-0.1, -0.05) is 30.3 Å². The molecule has 4 nitrogen and oxygen atoms in total. The molecule has 1 atom stereocenters. The van der Waals surface area contributed by atoms with Gasteiger partial charge in [0.1, 0.15) is 0 Å². The zero-order valence-corrected chi connectivity index (χ0v) is 12.2. The third-order valence-corrected chi connectivity index (χ3v) is 3.76. The summed E-state index contributed by atoms with van der Waals surface area (Å²) in [5.74, 6) is 0.0838. The Morgan fingerprint density at radius 3 is 2.85 bits per heavy atom. The third-order valence-electron chi connectivity index (χ3n) is 3.76. The van der Waals surface area contributed by atoms with E-state index in [0.29, 0.717) is 19.8 Å². The molecule has 110 valence electrons. The highest BCUT2D eigenvalue weighted by molar-refractivity contribution is 5.85. The number of benzene rings is 1. The van der Waals surface area contributed by atoms with Crippen LogP contribution in [-0.2, 0) is 16.1 Å². The van der Waals surface area contributed by atoms with Gasteiger partial charge in [0.15, 0.2) is 0 Å². The van der Waals surface area contributed by atoms with E-state index in [1.807, 2.05) is 37.3 Å². The number of ether oxygens (including phenoxy) is 1. The molecule has 1 fully saturated rings. The first-order valence-electron chi connectivity index (χ1n) is 7.36. The second-order valence-corrected chi connectivity index (χ2v) is 5.51. The lowest BCUT2D eigenvalue weighted by Crippen LogP contribution is -2.57. The summed E-state index contributed by atoms with van der Waals surface area (Å²) in [5.41, 5.74) is 0.747. The molecular formula is C16H24N2O2. The first-order valence-corrected chi connectivity index (χ1v) is 7.36. The van der Waals surface area contributed by atoms with Crippen molar-refractivity contribution in [1.82, 2.24) is 10.6 Å². The van der Waals surface area contributed by atoms with E-state index < -0.39 is 5.54 Å². The molecule has 2 N–H and O–H groups in total. The Hall–Kier alpha value is -1.39. The lowest BCUT2D eigenvalue weighted by molar-refractivity contribution is -0.128. The van der Waals surface area contributed by atoms with Crippen LogP contribution in [0, 0.1) is 0 Å². The summed E-state index contributed by atoms with van der Waals surface area (Å²) < 4.78 is 5.56. The molecule has 1 aliphatic rings. The molecule has 1 amide bonds. The Balaban J connectivity index is 1.62. The van der Waals surface area contributed by atoms with E-state index in [-0.39, 0.29) is 5.91 Å². The van der Waals surface area contributed by atoms with Crippen LogP contribution in [0.1, 0.15) is 31.7 Å².